The van der Waals surface area contributed by atoms with Crippen molar-refractivity contribution in [2.45, 2.75) is 53.4 Å². The van der Waals surface area contributed by atoms with Crippen molar-refractivity contribution in [3.8, 4) is 0 Å². The quantitative estimate of drug-likeness (QED) is 0.216. The van der Waals surface area contributed by atoms with Gasteiger partial charge >= 0.3 is 0 Å². The molecule has 3 N–H and O–H groups in total. The summed E-state index contributed by atoms with van der Waals surface area (Å²) >= 11 is 0. The zero-order valence-corrected chi connectivity index (χ0v) is 24.9. The molecule has 8 heteroatoms. The molecule has 0 saturated carbocycles. The van der Waals surface area contributed by atoms with Crippen molar-refractivity contribution in [3.05, 3.63) is 71.3 Å². The predicted octanol–water partition coefficient (Wildman–Crippen LogP) is 4.05. The van der Waals surface area contributed by atoms with Crippen LogP contribution in [0.15, 0.2) is 54.6 Å². The Morgan fingerprint density at radius 2 is 1.23 bits per heavy atom. The highest BCUT2D eigenvalue weighted by atomic mass is 16.2. The van der Waals surface area contributed by atoms with Crippen LogP contribution in [0.3, 0.4) is 0 Å². The molecular formula is C32H46N4O4. The topological polar surface area (TPSA) is 108 Å². The Labute approximate surface area is 239 Å². The Morgan fingerprint density at radius 1 is 0.700 bits per heavy atom. The van der Waals surface area contributed by atoms with Gasteiger partial charge in [0.15, 0.2) is 5.78 Å². The summed E-state index contributed by atoms with van der Waals surface area (Å²) in [5, 5.41) is 8.85. The van der Waals surface area contributed by atoms with Crippen LogP contribution < -0.4 is 16.0 Å². The molecule has 0 saturated heterocycles. The minimum absolute atomic E-state index is 0.0427. The number of rotatable bonds is 16. The molecule has 0 aliphatic carbocycles. The number of carbonyl (C=O) groups is 4. The lowest BCUT2D eigenvalue weighted by molar-refractivity contribution is -0.136. The lowest BCUT2D eigenvalue weighted by Gasteiger charge is -2.35. The third kappa shape index (κ3) is 9.90. The Balaban J connectivity index is 1.78. The molecule has 2 rings (SSSR count). The number of nitrogens with zero attached hydrogens (tertiary/aromatic N) is 1. The van der Waals surface area contributed by atoms with Crippen LogP contribution in [-0.4, -0.2) is 68.7 Å². The highest BCUT2D eigenvalue weighted by Crippen LogP contribution is 2.37. The standard InChI is InChI=1S/C32H46N4O4/c1-7-32(4,23-31(2,3)29(39)34-21-12-22-36(5)6)30(40)35-20-11-19-33-28(38)26-17-15-25(16-18-26)27(37)24-13-9-8-10-14-24/h8-10,13-18H,7,11-12,19-23H2,1-6H3,(H,33,38)(H,34,39)(H,35,40). The van der Waals surface area contributed by atoms with E-state index in [1.165, 1.54) is 0 Å². The maximum absolute atomic E-state index is 13.1. The molecule has 0 aliphatic heterocycles. The van der Waals surface area contributed by atoms with E-state index in [0.29, 0.717) is 55.6 Å². The van der Waals surface area contributed by atoms with Crippen LogP contribution in [0.25, 0.3) is 0 Å². The molecule has 40 heavy (non-hydrogen) atoms. The average Bonchev–Trinajstić information content (AvgIpc) is 2.94. The van der Waals surface area contributed by atoms with Gasteiger partial charge in [0.05, 0.1) is 0 Å². The first-order chi connectivity index (χ1) is 18.9. The van der Waals surface area contributed by atoms with Gasteiger partial charge in [0.25, 0.3) is 5.91 Å². The van der Waals surface area contributed by atoms with Crippen LogP contribution in [-0.2, 0) is 9.59 Å². The highest BCUT2D eigenvalue weighted by molar-refractivity contribution is 6.09. The number of benzene rings is 2. The van der Waals surface area contributed by atoms with Gasteiger partial charge < -0.3 is 20.9 Å². The van der Waals surface area contributed by atoms with Crippen molar-refractivity contribution in [2.24, 2.45) is 10.8 Å². The Morgan fingerprint density at radius 3 is 1.82 bits per heavy atom. The molecule has 0 heterocycles. The van der Waals surface area contributed by atoms with Gasteiger partial charge in [-0.2, -0.15) is 0 Å². The zero-order chi connectivity index (χ0) is 29.8. The lowest BCUT2D eigenvalue weighted by atomic mass is 9.71. The van der Waals surface area contributed by atoms with E-state index in [9.17, 15) is 19.2 Å². The maximum Gasteiger partial charge on any atom is 0.251 e. The van der Waals surface area contributed by atoms with E-state index in [2.05, 4.69) is 20.9 Å². The minimum Gasteiger partial charge on any atom is -0.356 e. The van der Waals surface area contributed by atoms with Crippen LogP contribution in [0.2, 0.25) is 0 Å². The molecule has 2 aromatic carbocycles. The average molecular weight is 551 g/mol. The molecule has 1 atom stereocenters. The highest BCUT2D eigenvalue weighted by Gasteiger charge is 2.40. The van der Waals surface area contributed by atoms with Crippen LogP contribution in [0, 0.1) is 10.8 Å². The molecule has 8 nitrogen and oxygen atoms in total. The predicted molar refractivity (Wildman–Crippen MR) is 159 cm³/mol. The van der Waals surface area contributed by atoms with Crippen molar-refractivity contribution in [1.29, 1.82) is 0 Å². The normalized spacial score (nSPS) is 12.9. The fourth-order valence-electron chi connectivity index (χ4n) is 4.59. The van der Waals surface area contributed by atoms with Gasteiger partial charge in [-0.3, -0.25) is 19.2 Å². The number of ketones is 1. The molecule has 218 valence electrons. The van der Waals surface area contributed by atoms with E-state index in [-0.39, 0.29) is 23.5 Å². The number of carbonyl (C=O) groups excluding carboxylic acids is 4. The van der Waals surface area contributed by atoms with Gasteiger partial charge in [-0.15, -0.1) is 0 Å². The van der Waals surface area contributed by atoms with Crippen LogP contribution >= 0.6 is 0 Å². The fourth-order valence-corrected chi connectivity index (χ4v) is 4.59. The Kier molecular flexibility index (Phi) is 12.5. The van der Waals surface area contributed by atoms with E-state index in [4.69, 9.17) is 0 Å². The number of hydrogen-bond donors (Lipinski definition) is 3. The second-order valence-corrected chi connectivity index (χ2v) is 11.5. The van der Waals surface area contributed by atoms with Gasteiger partial charge in [0, 0.05) is 47.2 Å². The Hall–Kier alpha value is -3.52. The van der Waals surface area contributed by atoms with Crippen molar-refractivity contribution in [1.82, 2.24) is 20.9 Å². The molecular weight excluding hydrogens is 504 g/mol. The summed E-state index contributed by atoms with van der Waals surface area (Å²) in [6.07, 6.45) is 2.48. The first-order valence-electron chi connectivity index (χ1n) is 14.1. The maximum atomic E-state index is 13.1. The number of nitrogens with one attached hydrogen (secondary N) is 3. The van der Waals surface area contributed by atoms with E-state index in [1.807, 2.05) is 60.0 Å². The molecule has 0 fully saturated rings. The molecule has 0 spiro atoms. The smallest absolute Gasteiger partial charge is 0.251 e. The summed E-state index contributed by atoms with van der Waals surface area (Å²) in [6, 6.07) is 15.6. The molecule has 0 aliphatic rings. The van der Waals surface area contributed by atoms with Crippen LogP contribution in [0.1, 0.15) is 79.7 Å². The molecule has 0 bridgehead atoms. The number of hydrogen-bond acceptors (Lipinski definition) is 5. The van der Waals surface area contributed by atoms with Crippen LogP contribution in [0.5, 0.6) is 0 Å². The second kappa shape index (κ2) is 15.3. The van der Waals surface area contributed by atoms with Crippen molar-refractivity contribution in [2.75, 3.05) is 40.3 Å². The summed E-state index contributed by atoms with van der Waals surface area (Å²) in [5.41, 5.74) is 0.217. The van der Waals surface area contributed by atoms with Gasteiger partial charge in [0.1, 0.15) is 0 Å². The lowest BCUT2D eigenvalue weighted by Crippen LogP contribution is -2.46. The minimum atomic E-state index is -0.688. The second-order valence-electron chi connectivity index (χ2n) is 11.5. The SMILES string of the molecule is CCC(C)(CC(C)(C)C(=O)NCCCN(C)C)C(=O)NCCCNC(=O)c1ccc(C(=O)c2ccccc2)cc1. The Bertz CT molecular complexity index is 1130. The number of amides is 3. The van der Waals surface area contributed by atoms with Gasteiger partial charge in [0.2, 0.25) is 11.8 Å². The molecule has 0 aromatic heterocycles. The summed E-state index contributed by atoms with van der Waals surface area (Å²) in [6.45, 7) is 9.95. The van der Waals surface area contributed by atoms with Gasteiger partial charge in [-0.1, -0.05) is 70.2 Å². The summed E-state index contributed by atoms with van der Waals surface area (Å²) < 4.78 is 0. The molecule has 2 aromatic rings. The van der Waals surface area contributed by atoms with E-state index >= 15 is 0 Å². The van der Waals surface area contributed by atoms with Gasteiger partial charge in [-0.25, -0.2) is 0 Å². The molecule has 0 radical (unpaired) electrons. The third-order valence-electron chi connectivity index (χ3n) is 7.21. The summed E-state index contributed by atoms with van der Waals surface area (Å²) in [5.74, 6) is -0.458. The van der Waals surface area contributed by atoms with Gasteiger partial charge in [-0.05, 0) is 58.5 Å². The van der Waals surface area contributed by atoms with E-state index < -0.39 is 10.8 Å². The van der Waals surface area contributed by atoms with Crippen molar-refractivity contribution < 1.29 is 19.2 Å². The first kappa shape index (κ1) is 32.7. The first-order valence-corrected chi connectivity index (χ1v) is 14.1. The molecule has 1 unspecified atom stereocenters. The third-order valence-corrected chi connectivity index (χ3v) is 7.21. The largest absolute Gasteiger partial charge is 0.356 e. The zero-order valence-electron chi connectivity index (χ0n) is 24.9. The van der Waals surface area contributed by atoms with Crippen molar-refractivity contribution in [3.63, 3.8) is 0 Å². The summed E-state index contributed by atoms with van der Waals surface area (Å²) in [4.78, 5) is 53.0. The summed E-state index contributed by atoms with van der Waals surface area (Å²) in [7, 11) is 4.00. The fraction of sp³-hybridized carbons (Fsp3) is 0.500. The van der Waals surface area contributed by atoms with Crippen molar-refractivity contribution >= 4 is 23.5 Å². The van der Waals surface area contributed by atoms with E-state index in [0.717, 1.165) is 13.0 Å². The monoisotopic (exact) mass is 550 g/mol. The molecule has 3 amide bonds. The van der Waals surface area contributed by atoms with E-state index in [1.54, 1.807) is 36.4 Å². The van der Waals surface area contributed by atoms with Crippen LogP contribution in [0.4, 0.5) is 0 Å².